The molecule has 1 aromatic rings. The van der Waals surface area contributed by atoms with E-state index in [1.165, 1.54) is 50.9 Å². The molecule has 0 radical (unpaired) electrons. The smallest absolute Gasteiger partial charge is 0.0451 e. The van der Waals surface area contributed by atoms with Crippen LogP contribution in [0.3, 0.4) is 0 Å². The van der Waals surface area contributed by atoms with Gasteiger partial charge in [-0.2, -0.15) is 0 Å². The van der Waals surface area contributed by atoms with Gasteiger partial charge < -0.3 is 5.32 Å². The standard InChI is InChI=1S/C15H21ClN2/c16-14-5-2-1-4-13(14)12-18-11-3-6-15(18)7-9-17-10-8-15/h1-2,4-5,17H,3,6-12H2. The molecule has 0 atom stereocenters. The van der Waals surface area contributed by atoms with E-state index >= 15 is 0 Å². The summed E-state index contributed by atoms with van der Waals surface area (Å²) in [4.78, 5) is 2.68. The van der Waals surface area contributed by atoms with E-state index < -0.39 is 0 Å². The number of benzene rings is 1. The number of nitrogens with one attached hydrogen (secondary N) is 1. The van der Waals surface area contributed by atoms with Crippen molar-refractivity contribution in [3.05, 3.63) is 34.9 Å². The predicted molar refractivity (Wildman–Crippen MR) is 75.9 cm³/mol. The molecule has 1 N–H and O–H groups in total. The predicted octanol–water partition coefficient (Wildman–Crippen LogP) is 3.06. The average molecular weight is 265 g/mol. The molecule has 2 heterocycles. The van der Waals surface area contributed by atoms with Crippen LogP contribution in [0.4, 0.5) is 0 Å². The van der Waals surface area contributed by atoms with Crippen molar-refractivity contribution >= 4 is 11.6 Å². The molecule has 98 valence electrons. The number of hydrogen-bond donors (Lipinski definition) is 1. The van der Waals surface area contributed by atoms with Crippen LogP contribution in [-0.4, -0.2) is 30.1 Å². The zero-order valence-corrected chi connectivity index (χ0v) is 11.5. The third-order valence-corrected chi connectivity index (χ3v) is 4.96. The molecule has 0 saturated carbocycles. The lowest BCUT2D eigenvalue weighted by atomic mass is 9.85. The highest BCUT2D eigenvalue weighted by Crippen LogP contribution is 2.38. The van der Waals surface area contributed by atoms with Crippen molar-refractivity contribution in [2.24, 2.45) is 0 Å². The van der Waals surface area contributed by atoms with Crippen molar-refractivity contribution in [1.82, 2.24) is 10.2 Å². The van der Waals surface area contributed by atoms with Crippen LogP contribution in [0.2, 0.25) is 5.02 Å². The SMILES string of the molecule is Clc1ccccc1CN1CCCC12CCNCC2. The molecule has 0 aromatic heterocycles. The lowest BCUT2D eigenvalue weighted by Crippen LogP contribution is -2.50. The molecule has 1 aromatic carbocycles. The second-order valence-electron chi connectivity index (χ2n) is 5.59. The van der Waals surface area contributed by atoms with Crippen LogP contribution in [0.5, 0.6) is 0 Å². The van der Waals surface area contributed by atoms with Gasteiger partial charge in [-0.1, -0.05) is 29.8 Å². The van der Waals surface area contributed by atoms with Crippen molar-refractivity contribution in [3.8, 4) is 0 Å². The Morgan fingerprint density at radius 2 is 1.94 bits per heavy atom. The Hall–Kier alpha value is -0.570. The molecule has 3 heteroatoms. The fourth-order valence-electron chi connectivity index (χ4n) is 3.53. The number of piperidine rings is 1. The van der Waals surface area contributed by atoms with Gasteiger partial charge in [0.2, 0.25) is 0 Å². The summed E-state index contributed by atoms with van der Waals surface area (Å²) in [5.74, 6) is 0. The van der Waals surface area contributed by atoms with Crippen LogP contribution >= 0.6 is 11.6 Å². The lowest BCUT2D eigenvalue weighted by molar-refractivity contribution is 0.0928. The van der Waals surface area contributed by atoms with E-state index in [2.05, 4.69) is 22.3 Å². The number of hydrogen-bond acceptors (Lipinski definition) is 2. The van der Waals surface area contributed by atoms with Crippen LogP contribution in [0.15, 0.2) is 24.3 Å². The first kappa shape index (κ1) is 12.5. The summed E-state index contributed by atoms with van der Waals surface area (Å²) in [5, 5.41) is 4.39. The van der Waals surface area contributed by atoms with Crippen molar-refractivity contribution in [3.63, 3.8) is 0 Å². The van der Waals surface area contributed by atoms with E-state index in [1.54, 1.807) is 0 Å². The van der Waals surface area contributed by atoms with Gasteiger partial charge in [0.25, 0.3) is 0 Å². The first-order valence-electron chi connectivity index (χ1n) is 6.99. The highest BCUT2D eigenvalue weighted by Gasteiger charge is 2.41. The van der Waals surface area contributed by atoms with Gasteiger partial charge in [-0.05, 0) is 56.9 Å². The third-order valence-electron chi connectivity index (χ3n) is 4.59. The molecule has 1 spiro atoms. The van der Waals surface area contributed by atoms with E-state index in [9.17, 15) is 0 Å². The second-order valence-corrected chi connectivity index (χ2v) is 6.00. The van der Waals surface area contributed by atoms with Crippen molar-refractivity contribution in [1.29, 1.82) is 0 Å². The Kier molecular flexibility index (Phi) is 3.60. The molecule has 2 nitrogen and oxygen atoms in total. The topological polar surface area (TPSA) is 15.3 Å². The molecule has 0 amide bonds. The fourth-order valence-corrected chi connectivity index (χ4v) is 3.73. The maximum Gasteiger partial charge on any atom is 0.0451 e. The van der Waals surface area contributed by atoms with Crippen LogP contribution in [0, 0.1) is 0 Å². The normalized spacial score (nSPS) is 23.6. The summed E-state index contributed by atoms with van der Waals surface area (Å²) in [7, 11) is 0. The van der Waals surface area contributed by atoms with E-state index in [0.29, 0.717) is 5.54 Å². The zero-order valence-electron chi connectivity index (χ0n) is 10.8. The van der Waals surface area contributed by atoms with Crippen LogP contribution in [-0.2, 0) is 6.54 Å². The van der Waals surface area contributed by atoms with Crippen molar-refractivity contribution < 1.29 is 0 Å². The van der Waals surface area contributed by atoms with Gasteiger partial charge in [-0.25, -0.2) is 0 Å². The molecule has 2 aliphatic heterocycles. The zero-order chi connectivity index (χ0) is 12.4. The molecular formula is C15H21ClN2. The number of likely N-dealkylation sites (tertiary alicyclic amines) is 1. The van der Waals surface area contributed by atoms with E-state index in [4.69, 9.17) is 11.6 Å². The Morgan fingerprint density at radius 1 is 1.17 bits per heavy atom. The molecule has 2 saturated heterocycles. The Balaban J connectivity index is 1.77. The monoisotopic (exact) mass is 264 g/mol. The van der Waals surface area contributed by atoms with Gasteiger partial charge >= 0.3 is 0 Å². The molecule has 3 rings (SSSR count). The number of rotatable bonds is 2. The minimum absolute atomic E-state index is 0.449. The third kappa shape index (κ3) is 2.29. The highest BCUT2D eigenvalue weighted by atomic mass is 35.5. The summed E-state index contributed by atoms with van der Waals surface area (Å²) in [6.45, 7) is 4.57. The van der Waals surface area contributed by atoms with E-state index in [1.807, 2.05) is 12.1 Å². The average Bonchev–Trinajstić information content (AvgIpc) is 2.76. The summed E-state index contributed by atoms with van der Waals surface area (Å²) in [6.07, 6.45) is 5.28. The molecule has 0 aliphatic carbocycles. The van der Waals surface area contributed by atoms with Gasteiger partial charge in [-0.3, -0.25) is 4.90 Å². The maximum absolute atomic E-state index is 6.29. The largest absolute Gasteiger partial charge is 0.317 e. The van der Waals surface area contributed by atoms with Crippen molar-refractivity contribution in [2.45, 2.75) is 37.8 Å². The Bertz CT molecular complexity index is 413. The Morgan fingerprint density at radius 3 is 2.72 bits per heavy atom. The molecule has 0 bridgehead atoms. The van der Waals surface area contributed by atoms with Gasteiger partial charge in [0.1, 0.15) is 0 Å². The minimum Gasteiger partial charge on any atom is -0.317 e. The van der Waals surface area contributed by atoms with Gasteiger partial charge in [0.05, 0.1) is 0 Å². The van der Waals surface area contributed by atoms with Crippen LogP contribution < -0.4 is 5.32 Å². The summed E-state index contributed by atoms with van der Waals surface area (Å²) in [5.41, 5.74) is 1.73. The van der Waals surface area contributed by atoms with E-state index in [0.717, 1.165) is 11.6 Å². The van der Waals surface area contributed by atoms with Crippen molar-refractivity contribution in [2.75, 3.05) is 19.6 Å². The number of halogens is 1. The minimum atomic E-state index is 0.449. The van der Waals surface area contributed by atoms with Crippen LogP contribution in [0.25, 0.3) is 0 Å². The van der Waals surface area contributed by atoms with Gasteiger partial charge in [-0.15, -0.1) is 0 Å². The molecule has 0 unspecified atom stereocenters. The maximum atomic E-state index is 6.29. The summed E-state index contributed by atoms with van der Waals surface area (Å²) >= 11 is 6.29. The fraction of sp³-hybridized carbons (Fsp3) is 0.600. The first-order valence-corrected chi connectivity index (χ1v) is 7.37. The Labute approximate surface area is 114 Å². The molecule has 2 fully saturated rings. The molecule has 18 heavy (non-hydrogen) atoms. The summed E-state index contributed by atoms with van der Waals surface area (Å²) < 4.78 is 0. The molecule has 2 aliphatic rings. The number of nitrogens with zero attached hydrogens (tertiary/aromatic N) is 1. The second kappa shape index (κ2) is 5.20. The quantitative estimate of drug-likeness (QED) is 0.883. The highest BCUT2D eigenvalue weighted by molar-refractivity contribution is 6.31. The first-order chi connectivity index (χ1) is 8.80. The van der Waals surface area contributed by atoms with Gasteiger partial charge in [0.15, 0.2) is 0 Å². The lowest BCUT2D eigenvalue weighted by Gasteiger charge is -2.42. The van der Waals surface area contributed by atoms with E-state index in [-0.39, 0.29) is 0 Å². The summed E-state index contributed by atoms with van der Waals surface area (Å²) in [6, 6.07) is 8.26. The molecular weight excluding hydrogens is 244 g/mol. The van der Waals surface area contributed by atoms with Crippen LogP contribution in [0.1, 0.15) is 31.2 Å². The van der Waals surface area contributed by atoms with Gasteiger partial charge in [0, 0.05) is 17.1 Å².